The fraction of sp³-hybridized carbons (Fsp3) is 0.364. The molecule has 9 heteroatoms. The first-order chi connectivity index (χ1) is 14.7. The van der Waals surface area contributed by atoms with E-state index >= 15 is 0 Å². The number of fused-ring (bicyclic) bond motifs is 1. The van der Waals surface area contributed by atoms with Gasteiger partial charge in [0.15, 0.2) is 11.5 Å². The van der Waals surface area contributed by atoms with E-state index in [9.17, 15) is 8.78 Å². The van der Waals surface area contributed by atoms with Crippen LogP contribution >= 0.6 is 0 Å². The first-order valence-corrected chi connectivity index (χ1v) is 10.1. The van der Waals surface area contributed by atoms with Crippen molar-refractivity contribution < 1.29 is 13.5 Å². The standard InChI is InChI=1S/C22H24F2N6O/c1-13(2)19(25)31-20(26)15-12-27-30-10-7-18(28-21(15)30)29-9-4-8-22(29,3)16-11-14(23)5-6-17(16)24/h5-7,10-13,25-26H,4,8-9H2,1-3H3/t22-/m1/s1. The van der Waals surface area contributed by atoms with Crippen molar-refractivity contribution in [2.45, 2.75) is 39.2 Å². The van der Waals surface area contributed by atoms with Crippen LogP contribution < -0.4 is 4.90 Å². The summed E-state index contributed by atoms with van der Waals surface area (Å²) in [5, 5.41) is 20.3. The Hall–Kier alpha value is -3.36. The van der Waals surface area contributed by atoms with Crippen molar-refractivity contribution in [3.8, 4) is 0 Å². The lowest BCUT2D eigenvalue weighted by Gasteiger charge is -2.37. The maximum Gasteiger partial charge on any atom is 0.226 e. The molecule has 2 aromatic heterocycles. The highest BCUT2D eigenvalue weighted by Crippen LogP contribution is 2.42. The van der Waals surface area contributed by atoms with Gasteiger partial charge in [-0.3, -0.25) is 10.8 Å². The van der Waals surface area contributed by atoms with Gasteiger partial charge < -0.3 is 9.64 Å². The monoisotopic (exact) mass is 426 g/mol. The van der Waals surface area contributed by atoms with Crippen LogP contribution in [0, 0.1) is 28.4 Å². The SMILES string of the molecule is CC(C)C(=N)OC(=N)c1cnn2ccc(N3CCC[C@]3(C)c3cc(F)ccc3F)nc12. The molecule has 1 aliphatic heterocycles. The minimum Gasteiger partial charge on any atom is -0.425 e. The number of hydrogen-bond donors (Lipinski definition) is 2. The lowest BCUT2D eigenvalue weighted by atomic mass is 9.88. The first-order valence-electron chi connectivity index (χ1n) is 10.1. The molecular weight excluding hydrogens is 402 g/mol. The summed E-state index contributed by atoms with van der Waals surface area (Å²) in [6.45, 7) is 6.13. The van der Waals surface area contributed by atoms with Gasteiger partial charge in [0, 0.05) is 24.2 Å². The Morgan fingerprint density at radius 2 is 2.00 bits per heavy atom. The number of ether oxygens (including phenoxy) is 1. The fourth-order valence-corrected chi connectivity index (χ4v) is 3.97. The van der Waals surface area contributed by atoms with E-state index in [1.54, 1.807) is 12.3 Å². The summed E-state index contributed by atoms with van der Waals surface area (Å²) in [6, 6.07) is 5.29. The van der Waals surface area contributed by atoms with Crippen LogP contribution in [-0.4, -0.2) is 32.9 Å². The molecule has 162 valence electrons. The van der Waals surface area contributed by atoms with Crippen LogP contribution in [0.25, 0.3) is 5.65 Å². The van der Waals surface area contributed by atoms with Gasteiger partial charge in [-0.05, 0) is 44.0 Å². The molecule has 1 atom stereocenters. The summed E-state index contributed by atoms with van der Waals surface area (Å²) < 4.78 is 35.4. The topological polar surface area (TPSA) is 90.4 Å². The van der Waals surface area contributed by atoms with Gasteiger partial charge >= 0.3 is 0 Å². The molecule has 3 aromatic rings. The van der Waals surface area contributed by atoms with Gasteiger partial charge in [-0.25, -0.2) is 18.3 Å². The van der Waals surface area contributed by atoms with Crippen LogP contribution in [0.15, 0.2) is 36.7 Å². The minimum absolute atomic E-state index is 0.0193. The van der Waals surface area contributed by atoms with Crippen LogP contribution in [0.5, 0.6) is 0 Å². The summed E-state index contributed by atoms with van der Waals surface area (Å²) >= 11 is 0. The number of anilines is 1. The van der Waals surface area contributed by atoms with Gasteiger partial charge in [0.2, 0.25) is 5.90 Å². The molecule has 1 saturated heterocycles. The lowest BCUT2D eigenvalue weighted by molar-refractivity contribution is 0.451. The van der Waals surface area contributed by atoms with E-state index in [0.29, 0.717) is 35.6 Å². The third-order valence-electron chi connectivity index (χ3n) is 5.76. The van der Waals surface area contributed by atoms with Crippen molar-refractivity contribution in [3.05, 3.63) is 59.4 Å². The number of rotatable bonds is 4. The van der Waals surface area contributed by atoms with Gasteiger partial charge in [-0.15, -0.1) is 0 Å². The summed E-state index contributed by atoms with van der Waals surface area (Å²) in [4.78, 5) is 6.64. The quantitative estimate of drug-likeness (QED) is 0.475. The highest BCUT2D eigenvalue weighted by molar-refractivity contribution is 6.03. The van der Waals surface area contributed by atoms with Crippen molar-refractivity contribution in [1.29, 1.82) is 10.8 Å². The number of halogens is 2. The van der Waals surface area contributed by atoms with Crippen molar-refractivity contribution in [1.82, 2.24) is 14.6 Å². The van der Waals surface area contributed by atoms with Gasteiger partial charge in [0.05, 0.1) is 11.7 Å². The highest BCUT2D eigenvalue weighted by atomic mass is 19.1. The predicted octanol–water partition coefficient (Wildman–Crippen LogP) is 4.50. The van der Waals surface area contributed by atoms with E-state index in [4.69, 9.17) is 15.6 Å². The molecule has 0 saturated carbocycles. The molecule has 0 amide bonds. The van der Waals surface area contributed by atoms with Crippen LogP contribution in [0.1, 0.15) is 44.7 Å². The Bertz CT molecular complexity index is 1170. The molecule has 0 radical (unpaired) electrons. The number of benzene rings is 1. The van der Waals surface area contributed by atoms with Crippen molar-refractivity contribution in [3.63, 3.8) is 0 Å². The first kappa shape index (κ1) is 20.9. The number of hydrogen-bond acceptors (Lipinski definition) is 6. The zero-order chi connectivity index (χ0) is 22.3. The fourth-order valence-electron chi connectivity index (χ4n) is 3.97. The molecule has 1 fully saturated rings. The summed E-state index contributed by atoms with van der Waals surface area (Å²) in [6.07, 6.45) is 4.63. The molecular formula is C22H24F2N6O. The molecule has 0 unspecified atom stereocenters. The minimum atomic E-state index is -0.762. The van der Waals surface area contributed by atoms with E-state index < -0.39 is 17.2 Å². The molecule has 0 aliphatic carbocycles. The van der Waals surface area contributed by atoms with Crippen LogP contribution in [-0.2, 0) is 10.3 Å². The molecule has 1 aromatic carbocycles. The second-order valence-corrected chi connectivity index (χ2v) is 8.22. The Morgan fingerprint density at radius 1 is 1.23 bits per heavy atom. The maximum atomic E-state index is 14.6. The number of aromatic nitrogens is 3. The molecule has 1 aliphatic rings. The molecule has 4 rings (SSSR count). The average molecular weight is 426 g/mol. The third-order valence-corrected chi connectivity index (χ3v) is 5.76. The number of nitrogens with one attached hydrogen (secondary N) is 2. The molecule has 31 heavy (non-hydrogen) atoms. The van der Waals surface area contributed by atoms with Gasteiger partial charge in [-0.2, -0.15) is 5.10 Å². The molecule has 0 spiro atoms. The Balaban J connectivity index is 1.73. The van der Waals surface area contributed by atoms with Crippen molar-refractivity contribution >= 4 is 23.3 Å². The van der Waals surface area contributed by atoms with E-state index in [0.717, 1.165) is 18.6 Å². The van der Waals surface area contributed by atoms with E-state index in [2.05, 4.69) is 10.1 Å². The van der Waals surface area contributed by atoms with Crippen LogP contribution in [0.3, 0.4) is 0 Å². The zero-order valence-corrected chi connectivity index (χ0v) is 17.6. The van der Waals surface area contributed by atoms with Gasteiger partial charge in [0.25, 0.3) is 0 Å². The van der Waals surface area contributed by atoms with Gasteiger partial charge in [-0.1, -0.05) is 13.8 Å². The molecule has 3 heterocycles. The smallest absolute Gasteiger partial charge is 0.226 e. The van der Waals surface area contributed by atoms with E-state index in [-0.39, 0.29) is 17.7 Å². The van der Waals surface area contributed by atoms with E-state index in [1.807, 2.05) is 25.7 Å². The normalized spacial score (nSPS) is 18.7. The average Bonchev–Trinajstić information content (AvgIpc) is 3.33. The largest absolute Gasteiger partial charge is 0.425 e. The lowest BCUT2D eigenvalue weighted by Crippen LogP contribution is -2.40. The summed E-state index contributed by atoms with van der Waals surface area (Å²) in [7, 11) is 0. The van der Waals surface area contributed by atoms with Crippen molar-refractivity contribution in [2.24, 2.45) is 5.92 Å². The Morgan fingerprint density at radius 3 is 2.74 bits per heavy atom. The molecule has 0 bridgehead atoms. The van der Waals surface area contributed by atoms with E-state index in [1.165, 1.54) is 16.8 Å². The molecule has 2 N–H and O–H groups in total. The third kappa shape index (κ3) is 3.64. The molecule has 7 nitrogen and oxygen atoms in total. The summed E-state index contributed by atoms with van der Waals surface area (Å²) in [5.74, 6) is -0.747. The van der Waals surface area contributed by atoms with Crippen molar-refractivity contribution in [2.75, 3.05) is 11.4 Å². The predicted molar refractivity (Wildman–Crippen MR) is 114 cm³/mol. The Labute approximate surface area is 178 Å². The Kier molecular flexibility index (Phi) is 5.20. The second kappa shape index (κ2) is 7.72. The van der Waals surface area contributed by atoms with Gasteiger partial charge in [0.1, 0.15) is 23.0 Å². The maximum absolute atomic E-state index is 14.6. The highest BCUT2D eigenvalue weighted by Gasteiger charge is 2.41. The second-order valence-electron chi connectivity index (χ2n) is 8.22. The van der Waals surface area contributed by atoms with Crippen LogP contribution in [0.4, 0.5) is 14.6 Å². The van der Waals surface area contributed by atoms with Crippen LogP contribution in [0.2, 0.25) is 0 Å². The zero-order valence-electron chi connectivity index (χ0n) is 17.6. The number of nitrogens with zero attached hydrogens (tertiary/aromatic N) is 4. The summed E-state index contributed by atoms with van der Waals surface area (Å²) in [5.41, 5.74) is 0.279.